The first kappa shape index (κ1) is 13.8. The van der Waals surface area contributed by atoms with Crippen LogP contribution in [-0.4, -0.2) is 30.8 Å². The minimum atomic E-state index is -1.39. The van der Waals surface area contributed by atoms with Crippen LogP contribution in [0.1, 0.15) is 39.0 Å². The van der Waals surface area contributed by atoms with Crippen LogP contribution < -0.4 is 5.73 Å². The summed E-state index contributed by atoms with van der Waals surface area (Å²) in [4.78, 5) is 0. The highest BCUT2D eigenvalue weighted by atomic mass is 16.8. The molecule has 3 rings (SSSR count). The average Bonchev–Trinajstić information content (AvgIpc) is 2.69. The number of fused-ring (bicyclic) bond motifs is 2. The van der Waals surface area contributed by atoms with Crippen LogP contribution in [0.2, 0.25) is 0 Å². The lowest BCUT2D eigenvalue weighted by Gasteiger charge is -2.48. The van der Waals surface area contributed by atoms with Gasteiger partial charge in [0, 0.05) is 13.0 Å². The van der Waals surface area contributed by atoms with Crippen LogP contribution in [0, 0.1) is 29.6 Å². The summed E-state index contributed by atoms with van der Waals surface area (Å²) >= 11 is 0. The Morgan fingerprint density at radius 2 is 2.11 bits per heavy atom. The Bertz CT molecular complexity index is 337. The van der Waals surface area contributed by atoms with Gasteiger partial charge in [0.2, 0.25) is 0 Å². The average molecular weight is 269 g/mol. The fraction of sp³-hybridized carbons (Fsp3) is 1.00. The molecular formula is C15H27NO3. The molecular weight excluding hydrogens is 242 g/mol. The van der Waals surface area contributed by atoms with E-state index in [1.807, 2.05) is 0 Å². The monoisotopic (exact) mass is 269 g/mol. The highest BCUT2D eigenvalue weighted by Gasteiger charge is 2.60. The van der Waals surface area contributed by atoms with E-state index in [4.69, 9.17) is 15.2 Å². The molecule has 4 heteroatoms. The van der Waals surface area contributed by atoms with Crippen molar-refractivity contribution >= 4 is 0 Å². The molecule has 0 aromatic carbocycles. The van der Waals surface area contributed by atoms with E-state index < -0.39 is 5.97 Å². The number of hydrogen-bond donors (Lipinski definition) is 2. The van der Waals surface area contributed by atoms with Gasteiger partial charge in [-0.3, -0.25) is 0 Å². The fourth-order valence-corrected chi connectivity index (χ4v) is 5.19. The first-order valence-electron chi connectivity index (χ1n) is 7.76. The molecule has 0 radical (unpaired) electrons. The van der Waals surface area contributed by atoms with Gasteiger partial charge in [0.1, 0.15) is 0 Å². The van der Waals surface area contributed by atoms with E-state index in [0.717, 1.165) is 12.3 Å². The summed E-state index contributed by atoms with van der Waals surface area (Å²) in [6.45, 7) is 2.76. The Morgan fingerprint density at radius 3 is 2.79 bits per heavy atom. The van der Waals surface area contributed by atoms with Gasteiger partial charge in [-0.25, -0.2) is 0 Å². The molecule has 4 nitrogen and oxygen atoms in total. The van der Waals surface area contributed by atoms with Crippen molar-refractivity contribution < 1.29 is 14.6 Å². The topological polar surface area (TPSA) is 64.7 Å². The van der Waals surface area contributed by atoms with E-state index in [2.05, 4.69) is 6.92 Å². The summed E-state index contributed by atoms with van der Waals surface area (Å²) in [5.41, 5.74) is 6.08. The van der Waals surface area contributed by atoms with Gasteiger partial charge in [0.15, 0.2) is 0 Å². The van der Waals surface area contributed by atoms with Crippen molar-refractivity contribution in [3.8, 4) is 0 Å². The number of hydrogen-bond acceptors (Lipinski definition) is 4. The third-order valence-electron chi connectivity index (χ3n) is 5.96. The molecule has 0 amide bonds. The van der Waals surface area contributed by atoms with Crippen molar-refractivity contribution in [1.82, 2.24) is 0 Å². The summed E-state index contributed by atoms with van der Waals surface area (Å²) in [6.07, 6.45) is 6.29. The number of aliphatic hydroxyl groups is 1. The maximum absolute atomic E-state index is 10.6. The molecule has 3 fully saturated rings. The van der Waals surface area contributed by atoms with E-state index in [1.54, 1.807) is 7.11 Å². The number of ether oxygens (including phenoxy) is 2. The zero-order valence-corrected chi connectivity index (χ0v) is 12.0. The van der Waals surface area contributed by atoms with E-state index in [0.29, 0.717) is 24.3 Å². The van der Waals surface area contributed by atoms with Crippen LogP contribution in [0.5, 0.6) is 0 Å². The van der Waals surface area contributed by atoms with Gasteiger partial charge in [0.25, 0.3) is 5.97 Å². The standard InChI is InChI=1S/C15H27NO3/c1-9-14-12(8-16)11-6-4-3-5-10(11)7-13(14)15(17,18-2)19-9/h9-14,17H,3-8,16H2,1-2H3. The molecule has 0 spiro atoms. The predicted molar refractivity (Wildman–Crippen MR) is 72.1 cm³/mol. The van der Waals surface area contributed by atoms with Crippen LogP contribution in [0.25, 0.3) is 0 Å². The lowest BCUT2D eigenvalue weighted by atomic mass is 9.57. The van der Waals surface area contributed by atoms with Crippen LogP contribution in [0.4, 0.5) is 0 Å². The van der Waals surface area contributed by atoms with Gasteiger partial charge < -0.3 is 20.3 Å². The molecule has 7 atom stereocenters. The van der Waals surface area contributed by atoms with Crippen molar-refractivity contribution in [3.63, 3.8) is 0 Å². The second kappa shape index (κ2) is 4.99. The van der Waals surface area contributed by atoms with Crippen LogP contribution in [-0.2, 0) is 9.47 Å². The third-order valence-corrected chi connectivity index (χ3v) is 5.96. The zero-order valence-electron chi connectivity index (χ0n) is 12.0. The summed E-state index contributed by atoms with van der Waals surface area (Å²) in [5, 5.41) is 10.6. The van der Waals surface area contributed by atoms with E-state index in [9.17, 15) is 5.11 Å². The Hall–Kier alpha value is -0.160. The number of methoxy groups -OCH3 is 1. The van der Waals surface area contributed by atoms with Crippen molar-refractivity contribution in [2.45, 2.75) is 51.1 Å². The van der Waals surface area contributed by atoms with Crippen molar-refractivity contribution in [2.75, 3.05) is 13.7 Å². The second-order valence-electron chi connectivity index (χ2n) is 6.69. The molecule has 3 aliphatic rings. The number of rotatable bonds is 2. The quantitative estimate of drug-likeness (QED) is 0.749. The Morgan fingerprint density at radius 1 is 1.37 bits per heavy atom. The first-order chi connectivity index (χ1) is 9.10. The minimum absolute atomic E-state index is 0.0337. The highest BCUT2D eigenvalue weighted by molar-refractivity contribution is 5.01. The van der Waals surface area contributed by atoms with Gasteiger partial charge in [-0.15, -0.1) is 0 Å². The molecule has 0 bridgehead atoms. The molecule has 19 heavy (non-hydrogen) atoms. The third kappa shape index (κ3) is 2.04. The van der Waals surface area contributed by atoms with Gasteiger partial charge in [-0.05, 0) is 50.0 Å². The van der Waals surface area contributed by atoms with E-state index in [1.165, 1.54) is 25.7 Å². The molecule has 7 unspecified atom stereocenters. The molecule has 110 valence electrons. The SMILES string of the molecule is COC1(O)OC(C)C2C(CN)C3CCCCC3CC21. The van der Waals surface area contributed by atoms with Crippen LogP contribution in [0.15, 0.2) is 0 Å². The molecule has 2 aliphatic carbocycles. The Kier molecular flexibility index (Phi) is 3.63. The maximum Gasteiger partial charge on any atom is 0.283 e. The lowest BCUT2D eigenvalue weighted by molar-refractivity contribution is -0.359. The van der Waals surface area contributed by atoms with E-state index >= 15 is 0 Å². The summed E-state index contributed by atoms with van der Waals surface area (Å²) < 4.78 is 11.1. The Balaban J connectivity index is 1.90. The van der Waals surface area contributed by atoms with Gasteiger partial charge >= 0.3 is 0 Å². The fourth-order valence-electron chi connectivity index (χ4n) is 5.19. The smallest absolute Gasteiger partial charge is 0.283 e. The second-order valence-corrected chi connectivity index (χ2v) is 6.69. The molecule has 2 saturated carbocycles. The van der Waals surface area contributed by atoms with Crippen LogP contribution in [0.3, 0.4) is 0 Å². The van der Waals surface area contributed by atoms with Gasteiger partial charge in [-0.2, -0.15) is 0 Å². The largest absolute Gasteiger partial charge is 0.343 e. The van der Waals surface area contributed by atoms with Crippen molar-refractivity contribution in [1.29, 1.82) is 0 Å². The van der Waals surface area contributed by atoms with Gasteiger partial charge in [0.05, 0.1) is 6.10 Å². The highest BCUT2D eigenvalue weighted by Crippen LogP contribution is 2.56. The molecule has 1 saturated heterocycles. The summed E-state index contributed by atoms with van der Waals surface area (Å²) in [6, 6.07) is 0. The molecule has 1 heterocycles. The van der Waals surface area contributed by atoms with Gasteiger partial charge in [-0.1, -0.05) is 19.3 Å². The maximum atomic E-state index is 10.6. The molecule has 1 aliphatic heterocycles. The minimum Gasteiger partial charge on any atom is -0.343 e. The normalized spacial score (nSPS) is 53.7. The first-order valence-corrected chi connectivity index (χ1v) is 7.76. The molecule has 0 aromatic heterocycles. The van der Waals surface area contributed by atoms with Crippen molar-refractivity contribution in [2.24, 2.45) is 35.3 Å². The summed E-state index contributed by atoms with van der Waals surface area (Å²) in [7, 11) is 1.54. The number of nitrogens with two attached hydrogens (primary N) is 1. The molecule has 3 N–H and O–H groups in total. The zero-order chi connectivity index (χ0) is 13.6. The Labute approximate surface area is 115 Å². The lowest BCUT2D eigenvalue weighted by Crippen LogP contribution is -2.50. The predicted octanol–water partition coefficient (Wildman–Crippen LogP) is 1.71. The molecule has 0 aromatic rings. The van der Waals surface area contributed by atoms with Crippen molar-refractivity contribution in [3.05, 3.63) is 0 Å². The summed E-state index contributed by atoms with van der Waals surface area (Å²) in [5.74, 6) is 0.933. The van der Waals surface area contributed by atoms with E-state index in [-0.39, 0.29) is 12.0 Å². The van der Waals surface area contributed by atoms with Crippen LogP contribution >= 0.6 is 0 Å².